The van der Waals surface area contributed by atoms with E-state index in [4.69, 9.17) is 0 Å². The second-order valence-corrected chi connectivity index (χ2v) is 7.19. The Morgan fingerprint density at radius 2 is 1.19 bits per heavy atom. The summed E-state index contributed by atoms with van der Waals surface area (Å²) in [4.78, 5) is 2.27. The Morgan fingerprint density at radius 3 is 1.70 bits per heavy atom. The van der Waals surface area contributed by atoms with Crippen LogP contribution in [0.15, 0.2) is 95.7 Å². The van der Waals surface area contributed by atoms with Crippen molar-refractivity contribution in [3.05, 3.63) is 112 Å². The summed E-state index contributed by atoms with van der Waals surface area (Å²) in [6, 6.07) is 29.7. The van der Waals surface area contributed by atoms with Crippen molar-refractivity contribution in [2.75, 3.05) is 4.90 Å². The van der Waals surface area contributed by atoms with E-state index in [1.165, 1.54) is 16.7 Å². The van der Waals surface area contributed by atoms with Crippen molar-refractivity contribution >= 4 is 40.6 Å². The Morgan fingerprint density at radius 1 is 0.630 bits per heavy atom. The molecule has 0 spiro atoms. The number of nitrogens with zero attached hydrogens (tertiary/aromatic N) is 1. The third-order valence-electron chi connectivity index (χ3n) is 4.53. The van der Waals surface area contributed by atoms with E-state index in [9.17, 15) is 0 Å². The van der Waals surface area contributed by atoms with Crippen molar-refractivity contribution in [1.29, 1.82) is 0 Å². The highest BCUT2D eigenvalue weighted by Gasteiger charge is 2.11. The molecule has 0 aliphatic rings. The van der Waals surface area contributed by atoms with Gasteiger partial charge in [0, 0.05) is 17.1 Å². The van der Waals surface area contributed by atoms with E-state index >= 15 is 0 Å². The molecule has 0 radical (unpaired) electrons. The van der Waals surface area contributed by atoms with Gasteiger partial charge in [0.1, 0.15) is 0 Å². The molecular formula is C25H21NS. The monoisotopic (exact) mass is 367 g/mol. The lowest BCUT2D eigenvalue weighted by molar-refractivity contribution is 1.28. The molecule has 132 valence electrons. The maximum absolute atomic E-state index is 2.27. The van der Waals surface area contributed by atoms with Crippen LogP contribution in [-0.4, -0.2) is 0 Å². The van der Waals surface area contributed by atoms with Crippen LogP contribution >= 0.6 is 11.3 Å². The van der Waals surface area contributed by atoms with E-state index in [2.05, 4.69) is 108 Å². The van der Waals surface area contributed by atoms with Crippen LogP contribution in [0.2, 0.25) is 0 Å². The molecule has 0 aliphatic heterocycles. The fourth-order valence-electron chi connectivity index (χ4n) is 3.06. The fraction of sp³-hybridized carbons (Fsp3) is 0.0400. The standard InChI is InChI=1S/C25H21NS/c1-20-18-27-19-22(20)15-12-21-13-16-25(17-14-21)26(23-8-4-2-5-9-23)24-10-6-3-7-11-24/h2-19H,1H3/b15-12+. The lowest BCUT2D eigenvalue weighted by Crippen LogP contribution is -2.09. The van der Waals surface area contributed by atoms with Gasteiger partial charge in [0.2, 0.25) is 0 Å². The molecular weight excluding hydrogens is 346 g/mol. The maximum atomic E-state index is 2.27. The number of thiophene rings is 1. The molecule has 0 N–H and O–H groups in total. The lowest BCUT2D eigenvalue weighted by atomic mass is 10.1. The largest absolute Gasteiger partial charge is 0.311 e. The van der Waals surface area contributed by atoms with Crippen molar-refractivity contribution < 1.29 is 0 Å². The van der Waals surface area contributed by atoms with Gasteiger partial charge in [0.05, 0.1) is 0 Å². The van der Waals surface area contributed by atoms with Crippen LogP contribution in [-0.2, 0) is 0 Å². The third-order valence-corrected chi connectivity index (χ3v) is 5.41. The maximum Gasteiger partial charge on any atom is 0.0462 e. The molecule has 0 atom stereocenters. The van der Waals surface area contributed by atoms with Gasteiger partial charge in [-0.25, -0.2) is 0 Å². The van der Waals surface area contributed by atoms with E-state index < -0.39 is 0 Å². The third kappa shape index (κ3) is 4.02. The predicted molar refractivity (Wildman–Crippen MR) is 119 cm³/mol. The smallest absolute Gasteiger partial charge is 0.0462 e. The average molecular weight is 368 g/mol. The fourth-order valence-corrected chi connectivity index (χ4v) is 3.88. The molecule has 0 bridgehead atoms. The molecule has 3 aromatic carbocycles. The number of aryl methyl sites for hydroxylation is 1. The van der Waals surface area contributed by atoms with Gasteiger partial charge in [-0.2, -0.15) is 11.3 Å². The Balaban J connectivity index is 1.65. The number of hydrogen-bond donors (Lipinski definition) is 0. The molecule has 0 saturated carbocycles. The van der Waals surface area contributed by atoms with Crippen molar-refractivity contribution in [1.82, 2.24) is 0 Å². The first-order valence-electron chi connectivity index (χ1n) is 9.02. The quantitative estimate of drug-likeness (QED) is 0.349. The van der Waals surface area contributed by atoms with Crippen molar-refractivity contribution in [2.45, 2.75) is 6.92 Å². The molecule has 1 heterocycles. The molecule has 27 heavy (non-hydrogen) atoms. The number of rotatable bonds is 5. The Hall–Kier alpha value is -3.10. The minimum atomic E-state index is 1.15. The summed E-state index contributed by atoms with van der Waals surface area (Å²) < 4.78 is 0. The van der Waals surface area contributed by atoms with Crippen molar-refractivity contribution in [3.8, 4) is 0 Å². The highest BCUT2D eigenvalue weighted by Crippen LogP contribution is 2.34. The van der Waals surface area contributed by atoms with Crippen molar-refractivity contribution in [3.63, 3.8) is 0 Å². The molecule has 2 heteroatoms. The molecule has 4 rings (SSSR count). The summed E-state index contributed by atoms with van der Waals surface area (Å²) >= 11 is 1.75. The highest BCUT2D eigenvalue weighted by atomic mass is 32.1. The van der Waals surface area contributed by atoms with Crippen molar-refractivity contribution in [2.24, 2.45) is 0 Å². The van der Waals surface area contributed by atoms with Crippen LogP contribution < -0.4 is 4.90 Å². The summed E-state index contributed by atoms with van der Waals surface area (Å²) in [7, 11) is 0. The van der Waals surface area contributed by atoms with Crippen LogP contribution in [0.4, 0.5) is 17.1 Å². The molecule has 1 nitrogen and oxygen atoms in total. The number of hydrogen-bond acceptors (Lipinski definition) is 2. The molecule has 0 aliphatic carbocycles. The summed E-state index contributed by atoms with van der Waals surface area (Å²) in [5.41, 5.74) is 7.27. The van der Waals surface area contributed by atoms with E-state index in [-0.39, 0.29) is 0 Å². The van der Waals surface area contributed by atoms with Gasteiger partial charge >= 0.3 is 0 Å². The topological polar surface area (TPSA) is 3.24 Å². The average Bonchev–Trinajstić information content (AvgIpc) is 3.14. The number of benzene rings is 3. The van der Waals surface area contributed by atoms with E-state index in [1.807, 2.05) is 12.1 Å². The van der Waals surface area contributed by atoms with Gasteiger partial charge < -0.3 is 4.90 Å². The molecule has 0 fully saturated rings. The normalized spacial score (nSPS) is 11.0. The summed E-state index contributed by atoms with van der Waals surface area (Å²) in [5, 5.41) is 4.37. The second kappa shape index (κ2) is 8.07. The molecule has 4 aromatic rings. The van der Waals surface area contributed by atoms with Gasteiger partial charge in [-0.3, -0.25) is 0 Å². The minimum absolute atomic E-state index is 1.15. The Bertz CT molecular complexity index is 975. The van der Waals surface area contributed by atoms with E-state index in [1.54, 1.807) is 11.3 Å². The number of para-hydroxylation sites is 2. The van der Waals surface area contributed by atoms with Gasteiger partial charge in [-0.1, -0.05) is 60.7 Å². The molecule has 1 aromatic heterocycles. The molecule has 0 saturated heterocycles. The van der Waals surface area contributed by atoms with Gasteiger partial charge in [-0.05, 0) is 70.8 Å². The molecule has 0 unspecified atom stereocenters. The SMILES string of the molecule is Cc1cscc1/C=C/c1ccc(N(c2ccccc2)c2ccccc2)cc1. The van der Waals surface area contributed by atoms with Gasteiger partial charge in [-0.15, -0.1) is 0 Å². The van der Waals surface area contributed by atoms with Crippen LogP contribution in [0.5, 0.6) is 0 Å². The minimum Gasteiger partial charge on any atom is -0.311 e. The number of anilines is 3. The zero-order valence-corrected chi connectivity index (χ0v) is 16.1. The van der Waals surface area contributed by atoms with Gasteiger partial charge in [0.25, 0.3) is 0 Å². The summed E-state index contributed by atoms with van der Waals surface area (Å²) in [5.74, 6) is 0. The van der Waals surface area contributed by atoms with Crippen LogP contribution in [0.25, 0.3) is 12.2 Å². The zero-order valence-electron chi connectivity index (χ0n) is 15.2. The summed E-state index contributed by atoms with van der Waals surface area (Å²) in [6.45, 7) is 2.15. The first kappa shape index (κ1) is 17.3. The van der Waals surface area contributed by atoms with Gasteiger partial charge in [0.15, 0.2) is 0 Å². The first-order valence-corrected chi connectivity index (χ1v) is 9.97. The molecule has 0 amide bonds. The van der Waals surface area contributed by atoms with E-state index in [0.29, 0.717) is 0 Å². The van der Waals surface area contributed by atoms with Crippen LogP contribution in [0.3, 0.4) is 0 Å². The highest BCUT2D eigenvalue weighted by molar-refractivity contribution is 7.08. The second-order valence-electron chi connectivity index (χ2n) is 6.44. The Kier molecular flexibility index (Phi) is 5.17. The lowest BCUT2D eigenvalue weighted by Gasteiger charge is -2.25. The van der Waals surface area contributed by atoms with Crippen LogP contribution in [0, 0.1) is 6.92 Å². The Labute approximate surface area is 164 Å². The van der Waals surface area contributed by atoms with Crippen LogP contribution in [0.1, 0.15) is 16.7 Å². The summed E-state index contributed by atoms with van der Waals surface area (Å²) in [6.07, 6.45) is 4.36. The predicted octanol–water partition coefficient (Wildman–Crippen LogP) is 7.70. The first-order chi connectivity index (χ1) is 13.3. The van der Waals surface area contributed by atoms with E-state index in [0.717, 1.165) is 17.1 Å². The zero-order chi connectivity index (χ0) is 18.5.